The van der Waals surface area contributed by atoms with Crippen molar-refractivity contribution in [2.45, 2.75) is 13.8 Å². The third kappa shape index (κ3) is 3.40. The highest BCUT2D eigenvalue weighted by Gasteiger charge is 1.75. The van der Waals surface area contributed by atoms with Crippen LogP contribution >= 0.6 is 0 Å². The van der Waals surface area contributed by atoms with Crippen molar-refractivity contribution in [1.29, 1.82) is 0 Å². The van der Waals surface area contributed by atoms with E-state index in [0.717, 1.165) is 5.71 Å². The zero-order chi connectivity index (χ0) is 6.41. The Morgan fingerprint density at radius 1 is 1.62 bits per heavy atom. The lowest BCUT2D eigenvalue weighted by atomic mass is 10.4. The number of hydrogen-bond donors (Lipinski definition) is 1. The average Bonchev–Trinajstić information content (AvgIpc) is 1.68. The molecule has 0 aromatic carbocycles. The van der Waals surface area contributed by atoms with Crippen molar-refractivity contribution >= 4 is 5.71 Å². The van der Waals surface area contributed by atoms with E-state index in [2.05, 4.69) is 10.5 Å². The number of hydrazone groups is 1. The first-order chi connectivity index (χ1) is 3.81. The van der Waals surface area contributed by atoms with E-state index in [9.17, 15) is 0 Å². The zero-order valence-corrected chi connectivity index (χ0v) is 5.60. The summed E-state index contributed by atoms with van der Waals surface area (Å²) in [6.07, 6.45) is 3.90. The van der Waals surface area contributed by atoms with Crippen molar-refractivity contribution in [2.24, 2.45) is 5.10 Å². The molecule has 0 unspecified atom stereocenters. The van der Waals surface area contributed by atoms with Crippen LogP contribution in [0.3, 0.4) is 0 Å². The zero-order valence-electron chi connectivity index (χ0n) is 5.60. The third-order valence-electron chi connectivity index (χ3n) is 0.696. The first-order valence-corrected chi connectivity index (χ1v) is 2.65. The van der Waals surface area contributed by atoms with Gasteiger partial charge in [-0.1, -0.05) is 6.08 Å². The summed E-state index contributed by atoms with van der Waals surface area (Å²) < 4.78 is 0. The highest BCUT2D eigenvalue weighted by atomic mass is 15.3. The van der Waals surface area contributed by atoms with Crippen molar-refractivity contribution in [1.82, 2.24) is 5.43 Å². The average molecular weight is 112 g/mol. The lowest BCUT2D eigenvalue weighted by molar-refractivity contribution is 0.901. The highest BCUT2D eigenvalue weighted by Crippen LogP contribution is 1.75. The molecule has 0 aromatic heterocycles. The minimum atomic E-state index is 0.995. The van der Waals surface area contributed by atoms with E-state index >= 15 is 0 Å². The fraction of sp³-hybridized carbons (Fsp3) is 0.500. The minimum Gasteiger partial charge on any atom is -0.313 e. The van der Waals surface area contributed by atoms with Crippen molar-refractivity contribution in [3.8, 4) is 0 Å². The topological polar surface area (TPSA) is 24.4 Å². The summed E-state index contributed by atoms with van der Waals surface area (Å²) in [7, 11) is 1.78. The largest absolute Gasteiger partial charge is 0.313 e. The monoisotopic (exact) mass is 112 g/mol. The van der Waals surface area contributed by atoms with E-state index in [4.69, 9.17) is 0 Å². The Labute approximate surface area is 50.3 Å². The molecule has 0 aliphatic carbocycles. The van der Waals surface area contributed by atoms with Crippen LogP contribution in [0.2, 0.25) is 0 Å². The van der Waals surface area contributed by atoms with Crippen LogP contribution in [0.1, 0.15) is 13.8 Å². The number of rotatable bonds is 2. The minimum absolute atomic E-state index is 0.995. The van der Waals surface area contributed by atoms with Crippen LogP contribution in [0.15, 0.2) is 17.3 Å². The first kappa shape index (κ1) is 7.21. The van der Waals surface area contributed by atoms with Gasteiger partial charge < -0.3 is 5.43 Å². The molecule has 0 aliphatic heterocycles. The van der Waals surface area contributed by atoms with Crippen LogP contribution in [-0.4, -0.2) is 12.8 Å². The van der Waals surface area contributed by atoms with Crippen LogP contribution in [-0.2, 0) is 0 Å². The quantitative estimate of drug-likeness (QED) is 0.420. The van der Waals surface area contributed by atoms with E-state index in [1.165, 1.54) is 0 Å². The van der Waals surface area contributed by atoms with Crippen LogP contribution < -0.4 is 5.43 Å². The van der Waals surface area contributed by atoms with E-state index in [1.54, 1.807) is 7.05 Å². The Morgan fingerprint density at radius 3 is 2.62 bits per heavy atom. The Bertz CT molecular complexity index is 103. The van der Waals surface area contributed by atoms with Gasteiger partial charge in [-0.2, -0.15) is 5.10 Å². The summed E-state index contributed by atoms with van der Waals surface area (Å²) in [4.78, 5) is 0. The Kier molecular flexibility index (Phi) is 3.94. The third-order valence-corrected chi connectivity index (χ3v) is 0.696. The molecule has 2 heteroatoms. The van der Waals surface area contributed by atoms with E-state index < -0.39 is 0 Å². The first-order valence-electron chi connectivity index (χ1n) is 2.65. The fourth-order valence-corrected chi connectivity index (χ4v) is 0.455. The molecule has 8 heavy (non-hydrogen) atoms. The van der Waals surface area contributed by atoms with Crippen molar-refractivity contribution in [3.63, 3.8) is 0 Å². The smallest absolute Gasteiger partial charge is 0.0568 e. The molecular formula is C6H12N2. The Balaban J connectivity index is 3.61. The maximum atomic E-state index is 3.89. The van der Waals surface area contributed by atoms with Gasteiger partial charge in [-0.15, -0.1) is 0 Å². The molecule has 0 atom stereocenters. The Hall–Kier alpha value is -0.790. The molecule has 1 N–H and O–H groups in total. The van der Waals surface area contributed by atoms with Gasteiger partial charge in [-0.05, 0) is 19.9 Å². The fourth-order valence-electron chi connectivity index (χ4n) is 0.455. The van der Waals surface area contributed by atoms with Crippen molar-refractivity contribution in [3.05, 3.63) is 12.2 Å². The molecule has 0 spiro atoms. The van der Waals surface area contributed by atoms with Gasteiger partial charge in [0.25, 0.3) is 0 Å². The maximum Gasteiger partial charge on any atom is 0.0568 e. The molecule has 0 bridgehead atoms. The molecule has 0 amide bonds. The molecule has 46 valence electrons. The second-order valence-electron chi connectivity index (χ2n) is 1.48. The molecule has 0 rings (SSSR count). The number of allylic oxidation sites excluding steroid dienone is 2. The van der Waals surface area contributed by atoms with Crippen LogP contribution in [0.5, 0.6) is 0 Å². The SMILES string of the molecule is C/C=C\C(C)=N/NC. The normalized spacial score (nSPS) is 12.6. The standard InChI is InChI=1S/C6H12N2/c1-4-5-6(2)8-7-3/h4-5,7H,1-3H3/b5-4-,8-6-. The van der Waals surface area contributed by atoms with Gasteiger partial charge in [0.1, 0.15) is 0 Å². The molecule has 0 saturated heterocycles. The predicted molar refractivity (Wildman–Crippen MR) is 37.0 cm³/mol. The summed E-state index contributed by atoms with van der Waals surface area (Å²) in [6, 6.07) is 0. The van der Waals surface area contributed by atoms with Gasteiger partial charge in [-0.3, -0.25) is 0 Å². The maximum absolute atomic E-state index is 3.89. The predicted octanol–water partition coefficient (Wildman–Crippen LogP) is 1.16. The number of nitrogens with one attached hydrogen (secondary N) is 1. The molecule has 2 nitrogen and oxygen atoms in total. The van der Waals surface area contributed by atoms with Crippen LogP contribution in [0, 0.1) is 0 Å². The van der Waals surface area contributed by atoms with E-state index in [0.29, 0.717) is 0 Å². The number of nitrogens with zero attached hydrogens (tertiary/aromatic N) is 1. The molecule has 0 aromatic rings. The summed E-state index contributed by atoms with van der Waals surface area (Å²) in [5, 5.41) is 3.89. The summed E-state index contributed by atoms with van der Waals surface area (Å²) >= 11 is 0. The highest BCUT2D eigenvalue weighted by molar-refractivity contribution is 5.92. The number of hydrogen-bond acceptors (Lipinski definition) is 2. The van der Waals surface area contributed by atoms with Crippen molar-refractivity contribution < 1.29 is 0 Å². The van der Waals surface area contributed by atoms with Gasteiger partial charge in [0.2, 0.25) is 0 Å². The van der Waals surface area contributed by atoms with Gasteiger partial charge >= 0.3 is 0 Å². The van der Waals surface area contributed by atoms with Gasteiger partial charge in [0.05, 0.1) is 5.71 Å². The lowest BCUT2D eigenvalue weighted by Crippen LogP contribution is -1.98. The molecule has 0 aliphatic rings. The van der Waals surface area contributed by atoms with Gasteiger partial charge in [0, 0.05) is 7.05 Å². The van der Waals surface area contributed by atoms with Gasteiger partial charge in [0.15, 0.2) is 0 Å². The van der Waals surface area contributed by atoms with Crippen molar-refractivity contribution in [2.75, 3.05) is 7.05 Å². The lowest BCUT2D eigenvalue weighted by Gasteiger charge is -1.87. The molecule has 0 heterocycles. The Morgan fingerprint density at radius 2 is 2.25 bits per heavy atom. The van der Waals surface area contributed by atoms with E-state index in [1.807, 2.05) is 26.0 Å². The summed E-state index contributed by atoms with van der Waals surface area (Å²) in [6.45, 7) is 3.91. The summed E-state index contributed by atoms with van der Waals surface area (Å²) in [5.41, 5.74) is 3.68. The summed E-state index contributed by atoms with van der Waals surface area (Å²) in [5.74, 6) is 0. The second-order valence-corrected chi connectivity index (χ2v) is 1.48. The molecule has 0 saturated carbocycles. The van der Waals surface area contributed by atoms with Crippen LogP contribution in [0.25, 0.3) is 0 Å². The molecule has 0 radical (unpaired) electrons. The van der Waals surface area contributed by atoms with Gasteiger partial charge in [-0.25, -0.2) is 0 Å². The van der Waals surface area contributed by atoms with Crippen LogP contribution in [0.4, 0.5) is 0 Å². The molecular weight excluding hydrogens is 100 g/mol. The second kappa shape index (κ2) is 4.37. The molecule has 0 fully saturated rings. The van der Waals surface area contributed by atoms with E-state index in [-0.39, 0.29) is 0 Å².